The monoisotopic (exact) mass is 402 g/mol. The first-order valence-electron chi connectivity index (χ1n) is 8.35. The van der Waals surface area contributed by atoms with Crippen molar-refractivity contribution in [3.8, 4) is 0 Å². The molecule has 2 rings (SSSR count). The number of rotatable bonds is 8. The Morgan fingerprint density at radius 1 is 0.828 bits per heavy atom. The third kappa shape index (κ3) is 6.07. The first-order valence-corrected chi connectivity index (χ1v) is 8.35. The second kappa shape index (κ2) is 9.37. The van der Waals surface area contributed by atoms with E-state index < -0.39 is 9.85 Å². The Balaban J connectivity index is 2.24. The average Bonchev–Trinajstić information content (AvgIpc) is 2.63. The summed E-state index contributed by atoms with van der Waals surface area (Å²) in [4.78, 5) is 43.5. The van der Waals surface area contributed by atoms with Gasteiger partial charge in [-0.05, 0) is 12.1 Å². The minimum Gasteiger partial charge on any atom is -0.372 e. The number of nitrogens with zero attached hydrogens (tertiary/aromatic N) is 2. The number of hydrogen-bond donors (Lipinski definition) is 2. The van der Waals surface area contributed by atoms with E-state index in [4.69, 9.17) is 4.74 Å². The van der Waals surface area contributed by atoms with Crippen LogP contribution in [0.4, 0.5) is 22.7 Å². The first kappa shape index (κ1) is 21.4. The van der Waals surface area contributed by atoms with E-state index in [9.17, 15) is 29.8 Å². The molecule has 0 saturated carbocycles. The second-order valence-corrected chi connectivity index (χ2v) is 6.05. The van der Waals surface area contributed by atoms with E-state index in [-0.39, 0.29) is 36.4 Å². The van der Waals surface area contributed by atoms with E-state index >= 15 is 0 Å². The highest BCUT2D eigenvalue weighted by Gasteiger charge is 2.14. The molecule has 152 valence electrons. The first-order chi connectivity index (χ1) is 13.7. The molecule has 0 aliphatic carbocycles. The molecule has 0 atom stereocenters. The number of ether oxygens (including phenoxy) is 1. The fourth-order valence-electron chi connectivity index (χ4n) is 2.52. The van der Waals surface area contributed by atoms with Crippen LogP contribution < -0.4 is 10.6 Å². The molecule has 2 aromatic rings. The van der Waals surface area contributed by atoms with Crippen LogP contribution in [0.2, 0.25) is 0 Å². The molecule has 0 heterocycles. The number of nitro groups is 2. The Hall–Kier alpha value is -3.86. The van der Waals surface area contributed by atoms with Gasteiger partial charge in [-0.1, -0.05) is 0 Å². The largest absolute Gasteiger partial charge is 0.372 e. The zero-order valence-electron chi connectivity index (χ0n) is 15.6. The second-order valence-electron chi connectivity index (χ2n) is 6.05. The maximum Gasteiger partial charge on any atom is 0.269 e. The number of carbonyl (C=O) groups is 2. The lowest BCUT2D eigenvalue weighted by molar-refractivity contribution is -0.385. The zero-order chi connectivity index (χ0) is 21.6. The molecule has 0 aromatic heterocycles. The van der Waals surface area contributed by atoms with Crippen molar-refractivity contribution in [3.05, 3.63) is 67.8 Å². The standard InChI is InChI=1S/C18H18N4O7/c1-11(23)19-17-5-3-15(21(25)26)7-13(17)9-29-10-14-8-16(22(27)28)4-6-18(14)20-12(2)24/h3-8H,9-10H2,1-2H3,(H,19,23)(H,20,24). The summed E-state index contributed by atoms with van der Waals surface area (Å²) in [6.45, 7) is 2.38. The molecule has 11 heteroatoms. The third-order valence-electron chi connectivity index (χ3n) is 3.74. The summed E-state index contributed by atoms with van der Waals surface area (Å²) in [6.07, 6.45) is 0. The Morgan fingerprint density at radius 3 is 1.52 bits per heavy atom. The van der Waals surface area contributed by atoms with Gasteiger partial charge in [0, 0.05) is 60.6 Å². The van der Waals surface area contributed by atoms with Crippen LogP contribution in [0.25, 0.3) is 0 Å². The van der Waals surface area contributed by atoms with Gasteiger partial charge in [0.2, 0.25) is 11.8 Å². The van der Waals surface area contributed by atoms with Crippen molar-refractivity contribution < 1.29 is 24.2 Å². The number of anilines is 2. The fourth-order valence-corrected chi connectivity index (χ4v) is 2.52. The van der Waals surface area contributed by atoms with Crippen LogP contribution in [-0.4, -0.2) is 21.7 Å². The zero-order valence-corrected chi connectivity index (χ0v) is 15.6. The highest BCUT2D eigenvalue weighted by Crippen LogP contribution is 2.26. The van der Waals surface area contributed by atoms with Crippen LogP contribution in [-0.2, 0) is 27.5 Å². The summed E-state index contributed by atoms with van der Waals surface area (Å²) in [5, 5.41) is 27.1. The topological polar surface area (TPSA) is 154 Å². The van der Waals surface area contributed by atoms with E-state index in [1.165, 1.54) is 50.2 Å². The summed E-state index contributed by atoms with van der Waals surface area (Å²) < 4.78 is 5.57. The van der Waals surface area contributed by atoms with Crippen LogP contribution in [0, 0.1) is 20.2 Å². The molecule has 0 radical (unpaired) electrons. The molecular weight excluding hydrogens is 384 g/mol. The molecule has 2 amide bonds. The van der Waals surface area contributed by atoms with Gasteiger partial charge >= 0.3 is 0 Å². The van der Waals surface area contributed by atoms with E-state index in [1.807, 2.05) is 0 Å². The van der Waals surface area contributed by atoms with Gasteiger partial charge in [-0.25, -0.2) is 0 Å². The number of hydrogen-bond acceptors (Lipinski definition) is 7. The molecule has 29 heavy (non-hydrogen) atoms. The summed E-state index contributed by atoms with van der Waals surface area (Å²) in [7, 11) is 0. The third-order valence-corrected chi connectivity index (χ3v) is 3.74. The van der Waals surface area contributed by atoms with Crippen LogP contribution in [0.3, 0.4) is 0 Å². The van der Waals surface area contributed by atoms with Crippen molar-refractivity contribution in [2.75, 3.05) is 10.6 Å². The SMILES string of the molecule is CC(=O)Nc1ccc([N+](=O)[O-])cc1COCc1cc([N+](=O)[O-])ccc1NC(C)=O. The normalized spacial score (nSPS) is 10.3. The molecule has 0 fully saturated rings. The quantitative estimate of drug-likeness (QED) is 0.508. The average molecular weight is 402 g/mol. The van der Waals surface area contributed by atoms with E-state index in [2.05, 4.69) is 10.6 Å². The van der Waals surface area contributed by atoms with Crippen molar-refractivity contribution in [1.29, 1.82) is 0 Å². The maximum atomic E-state index is 11.3. The lowest BCUT2D eigenvalue weighted by Gasteiger charge is -2.13. The van der Waals surface area contributed by atoms with E-state index in [1.54, 1.807) is 0 Å². The molecule has 0 unspecified atom stereocenters. The highest BCUT2D eigenvalue weighted by molar-refractivity contribution is 5.90. The number of amides is 2. The predicted molar refractivity (Wildman–Crippen MR) is 103 cm³/mol. The van der Waals surface area contributed by atoms with Gasteiger partial charge < -0.3 is 15.4 Å². The molecule has 11 nitrogen and oxygen atoms in total. The lowest BCUT2D eigenvalue weighted by atomic mass is 10.1. The van der Waals surface area contributed by atoms with Crippen LogP contribution in [0.5, 0.6) is 0 Å². The number of benzene rings is 2. The number of non-ortho nitro benzene ring substituents is 2. The molecular formula is C18H18N4O7. The Bertz CT molecular complexity index is 897. The van der Waals surface area contributed by atoms with Gasteiger partial charge in [0.15, 0.2) is 0 Å². The highest BCUT2D eigenvalue weighted by atomic mass is 16.6. The van der Waals surface area contributed by atoms with Gasteiger partial charge in [-0.15, -0.1) is 0 Å². The Kier molecular flexibility index (Phi) is 6.93. The Labute approximate surface area is 165 Å². The maximum absolute atomic E-state index is 11.3. The van der Waals surface area contributed by atoms with Crippen LogP contribution in [0.1, 0.15) is 25.0 Å². The van der Waals surface area contributed by atoms with Crippen molar-refractivity contribution in [1.82, 2.24) is 0 Å². The summed E-state index contributed by atoms with van der Waals surface area (Å²) in [6, 6.07) is 7.85. The smallest absolute Gasteiger partial charge is 0.269 e. The minimum absolute atomic E-state index is 0.112. The van der Waals surface area contributed by atoms with Crippen molar-refractivity contribution in [2.24, 2.45) is 0 Å². The lowest BCUT2D eigenvalue weighted by Crippen LogP contribution is -2.10. The molecule has 2 aromatic carbocycles. The van der Waals surface area contributed by atoms with Crippen molar-refractivity contribution in [2.45, 2.75) is 27.1 Å². The predicted octanol–water partition coefficient (Wildman–Crippen LogP) is 3.14. The van der Waals surface area contributed by atoms with Crippen LogP contribution in [0.15, 0.2) is 36.4 Å². The number of carbonyl (C=O) groups excluding carboxylic acids is 2. The molecule has 0 saturated heterocycles. The van der Waals surface area contributed by atoms with Gasteiger partial charge in [0.25, 0.3) is 11.4 Å². The summed E-state index contributed by atoms with van der Waals surface area (Å²) in [5.74, 6) is -0.710. The van der Waals surface area contributed by atoms with Crippen molar-refractivity contribution in [3.63, 3.8) is 0 Å². The van der Waals surface area contributed by atoms with E-state index in [0.29, 0.717) is 22.5 Å². The fraction of sp³-hybridized carbons (Fsp3) is 0.222. The summed E-state index contributed by atoms with van der Waals surface area (Å²) >= 11 is 0. The molecule has 0 aliphatic rings. The minimum atomic E-state index is -0.573. The summed E-state index contributed by atoms with van der Waals surface area (Å²) in [5.41, 5.74) is 1.08. The van der Waals surface area contributed by atoms with Gasteiger partial charge in [-0.2, -0.15) is 0 Å². The number of nitro benzene ring substituents is 2. The van der Waals surface area contributed by atoms with Crippen LogP contribution >= 0.6 is 0 Å². The van der Waals surface area contributed by atoms with Gasteiger partial charge in [0.05, 0.1) is 23.1 Å². The number of nitrogens with one attached hydrogen (secondary N) is 2. The molecule has 2 N–H and O–H groups in total. The molecule has 0 bridgehead atoms. The van der Waals surface area contributed by atoms with E-state index in [0.717, 1.165) is 0 Å². The Morgan fingerprint density at radius 2 is 1.21 bits per heavy atom. The van der Waals surface area contributed by atoms with Gasteiger partial charge in [-0.3, -0.25) is 29.8 Å². The molecule has 0 spiro atoms. The van der Waals surface area contributed by atoms with Crippen molar-refractivity contribution >= 4 is 34.6 Å². The van der Waals surface area contributed by atoms with Gasteiger partial charge in [0.1, 0.15) is 0 Å². The molecule has 0 aliphatic heterocycles.